The molecule has 2 rings (SSSR count). The first-order chi connectivity index (χ1) is 12.3. The molecule has 0 radical (unpaired) electrons. The van der Waals surface area contributed by atoms with Gasteiger partial charge in [-0.25, -0.2) is 4.39 Å². The predicted molar refractivity (Wildman–Crippen MR) is 102 cm³/mol. The normalized spacial score (nSPS) is 15.6. The molecule has 0 aliphatic heterocycles. The number of benzene rings is 1. The Kier molecular flexibility index (Phi) is 6.54. The van der Waals surface area contributed by atoms with Crippen LogP contribution in [0, 0.1) is 17.7 Å². The van der Waals surface area contributed by atoms with Crippen molar-refractivity contribution in [2.45, 2.75) is 45.3 Å². The fourth-order valence-corrected chi connectivity index (χ4v) is 2.22. The zero-order valence-electron chi connectivity index (χ0n) is 15.3. The van der Waals surface area contributed by atoms with Gasteiger partial charge in [-0.2, -0.15) is 0 Å². The molecule has 0 fully saturated rings. The predicted octanol–water partition coefficient (Wildman–Crippen LogP) is 3.66. The van der Waals surface area contributed by atoms with Gasteiger partial charge in [-0.3, -0.25) is 4.79 Å². The van der Waals surface area contributed by atoms with Gasteiger partial charge in [0.25, 0.3) is 0 Å². The lowest BCUT2D eigenvalue weighted by atomic mass is 9.99. The molecule has 0 spiro atoms. The van der Waals surface area contributed by atoms with E-state index in [-0.39, 0.29) is 17.8 Å². The summed E-state index contributed by atoms with van der Waals surface area (Å²) in [5.41, 5.74) is 0.665. The quantitative estimate of drug-likeness (QED) is 0.815. The van der Waals surface area contributed by atoms with Crippen molar-refractivity contribution < 1.29 is 14.3 Å². The minimum atomic E-state index is -0.996. The summed E-state index contributed by atoms with van der Waals surface area (Å²) in [7, 11) is 0. The van der Waals surface area contributed by atoms with Crippen molar-refractivity contribution in [1.29, 1.82) is 0 Å². The molecule has 1 amide bonds. The second-order valence-electron chi connectivity index (χ2n) is 6.83. The van der Waals surface area contributed by atoms with E-state index in [0.717, 1.165) is 0 Å². The second-order valence-corrected chi connectivity index (χ2v) is 6.83. The van der Waals surface area contributed by atoms with Gasteiger partial charge in [0, 0.05) is 11.1 Å². The molecule has 0 saturated heterocycles. The first kappa shape index (κ1) is 19.7. The van der Waals surface area contributed by atoms with Crippen LogP contribution in [0.4, 0.5) is 4.39 Å². The number of amides is 1. The highest BCUT2D eigenvalue weighted by Gasteiger charge is 2.24. The highest BCUT2D eigenvalue weighted by atomic mass is 19.1. The monoisotopic (exact) mass is 353 g/mol. The summed E-state index contributed by atoms with van der Waals surface area (Å²) in [5, 5.41) is 12.8. The number of hydrogen-bond acceptors (Lipinski definition) is 2. The maximum Gasteiger partial charge on any atom is 0.247 e. The molecule has 1 aromatic rings. The van der Waals surface area contributed by atoms with Gasteiger partial charge in [-0.1, -0.05) is 42.2 Å². The molecule has 1 atom stereocenters. The molecule has 1 aliphatic carbocycles. The number of carbonyl (C=O) groups excluding carboxylic acids is 1. The van der Waals surface area contributed by atoms with Gasteiger partial charge in [-0.15, -0.1) is 0 Å². The Morgan fingerprint density at radius 2 is 2.00 bits per heavy atom. The van der Waals surface area contributed by atoms with Crippen molar-refractivity contribution in [1.82, 2.24) is 5.32 Å². The lowest BCUT2D eigenvalue weighted by Gasteiger charge is -2.27. The largest absolute Gasteiger partial charge is 0.388 e. The Labute approximate surface area is 154 Å². The molecule has 136 valence electrons. The Morgan fingerprint density at radius 3 is 2.69 bits per heavy atom. The lowest BCUT2D eigenvalue weighted by Crippen LogP contribution is -2.47. The number of allylic oxidation sites excluding steroid dienone is 5. The summed E-state index contributed by atoms with van der Waals surface area (Å²) in [4.78, 5) is 12.4. The van der Waals surface area contributed by atoms with Gasteiger partial charge in [0.1, 0.15) is 5.82 Å². The van der Waals surface area contributed by atoms with Crippen molar-refractivity contribution in [3.8, 4) is 11.8 Å². The zero-order valence-corrected chi connectivity index (χ0v) is 15.3. The molecule has 3 nitrogen and oxygen atoms in total. The van der Waals surface area contributed by atoms with Crippen LogP contribution in [0.15, 0.2) is 59.7 Å². The molecule has 1 unspecified atom stereocenters. The van der Waals surface area contributed by atoms with E-state index in [1.54, 1.807) is 51.1 Å². The Bertz CT molecular complexity index is 817. The number of halogens is 1. The van der Waals surface area contributed by atoms with Crippen molar-refractivity contribution in [2.24, 2.45) is 0 Å². The number of nitrogens with one attached hydrogen (secondary N) is 1. The van der Waals surface area contributed by atoms with E-state index in [4.69, 9.17) is 0 Å². The summed E-state index contributed by atoms with van der Waals surface area (Å²) in [5.74, 6) is 5.20. The minimum Gasteiger partial charge on any atom is -0.388 e. The number of hydrogen-bond donors (Lipinski definition) is 2. The van der Waals surface area contributed by atoms with Crippen LogP contribution < -0.4 is 5.32 Å². The van der Waals surface area contributed by atoms with Crippen molar-refractivity contribution in [3.63, 3.8) is 0 Å². The molecule has 0 bridgehead atoms. The maximum absolute atomic E-state index is 13.6. The highest BCUT2D eigenvalue weighted by molar-refractivity contribution is 5.94. The molecular formula is C22H24FNO2. The first-order valence-corrected chi connectivity index (χ1v) is 8.64. The standard InChI is InChI=1S/C22H24FNO2/c1-16(22(2,3)26)24-21(25)19-10-5-4-8-17(13-15-19)12-14-18-9-6-7-11-20(18)23/h4,6-9,11,13,15-16,26H,5,10H2,1-3H3,(H,24,25). The summed E-state index contributed by atoms with van der Waals surface area (Å²) in [6.07, 6.45) is 8.62. The van der Waals surface area contributed by atoms with Crippen LogP contribution in [-0.2, 0) is 4.79 Å². The Morgan fingerprint density at radius 1 is 1.27 bits per heavy atom. The average molecular weight is 353 g/mol. The molecule has 0 saturated carbocycles. The molecule has 1 aromatic carbocycles. The van der Waals surface area contributed by atoms with Crippen molar-refractivity contribution in [3.05, 3.63) is 71.1 Å². The van der Waals surface area contributed by atoms with Crippen LogP contribution in [-0.4, -0.2) is 22.7 Å². The number of aliphatic hydroxyl groups is 1. The third kappa shape index (κ3) is 5.72. The molecule has 4 heteroatoms. The van der Waals surface area contributed by atoms with Crippen LogP contribution >= 0.6 is 0 Å². The molecular weight excluding hydrogens is 329 g/mol. The van der Waals surface area contributed by atoms with Gasteiger partial charge in [0.15, 0.2) is 0 Å². The van der Waals surface area contributed by atoms with E-state index >= 15 is 0 Å². The first-order valence-electron chi connectivity index (χ1n) is 8.64. The number of carbonyl (C=O) groups is 1. The Balaban J connectivity index is 2.18. The third-order valence-corrected chi connectivity index (χ3v) is 4.26. The van der Waals surface area contributed by atoms with Gasteiger partial charge in [0.05, 0.1) is 17.2 Å². The Hall–Kier alpha value is -2.64. The van der Waals surface area contributed by atoms with Crippen molar-refractivity contribution in [2.75, 3.05) is 0 Å². The van der Waals surface area contributed by atoms with Crippen LogP contribution in [0.1, 0.15) is 39.2 Å². The number of rotatable bonds is 3. The third-order valence-electron chi connectivity index (χ3n) is 4.26. The molecule has 0 aromatic heterocycles. The summed E-state index contributed by atoms with van der Waals surface area (Å²) < 4.78 is 13.6. The molecule has 0 heterocycles. The van der Waals surface area contributed by atoms with Crippen molar-refractivity contribution >= 4 is 5.91 Å². The van der Waals surface area contributed by atoms with E-state index < -0.39 is 5.60 Å². The summed E-state index contributed by atoms with van der Waals surface area (Å²) >= 11 is 0. The molecule has 26 heavy (non-hydrogen) atoms. The van der Waals surface area contributed by atoms with Crippen LogP contribution in [0.2, 0.25) is 0 Å². The van der Waals surface area contributed by atoms with Crippen LogP contribution in [0.25, 0.3) is 0 Å². The van der Waals surface area contributed by atoms with E-state index in [9.17, 15) is 14.3 Å². The van der Waals surface area contributed by atoms with Gasteiger partial charge in [-0.05, 0) is 51.8 Å². The zero-order chi connectivity index (χ0) is 19.2. The topological polar surface area (TPSA) is 49.3 Å². The van der Waals surface area contributed by atoms with Crippen LogP contribution in [0.3, 0.4) is 0 Å². The smallest absolute Gasteiger partial charge is 0.247 e. The van der Waals surface area contributed by atoms with Gasteiger partial charge < -0.3 is 10.4 Å². The fourth-order valence-electron chi connectivity index (χ4n) is 2.22. The highest BCUT2D eigenvalue weighted by Crippen LogP contribution is 2.15. The van der Waals surface area contributed by atoms with Gasteiger partial charge >= 0.3 is 0 Å². The van der Waals surface area contributed by atoms with Gasteiger partial charge in [0.2, 0.25) is 5.91 Å². The molecule has 2 N–H and O–H groups in total. The van der Waals surface area contributed by atoms with E-state index in [0.29, 0.717) is 29.6 Å². The SMILES string of the molecule is CC(NC(=O)C1=CC=C(C#Cc2ccccc2F)C=CCC1)C(C)(C)O. The van der Waals surface area contributed by atoms with Crippen LogP contribution in [0.5, 0.6) is 0 Å². The fraction of sp³-hybridized carbons (Fsp3) is 0.318. The van der Waals surface area contributed by atoms with E-state index in [1.165, 1.54) is 6.07 Å². The summed E-state index contributed by atoms with van der Waals surface area (Å²) in [6, 6.07) is 5.99. The minimum absolute atomic E-state index is 0.201. The average Bonchev–Trinajstić information content (AvgIpc) is 2.54. The van der Waals surface area contributed by atoms with E-state index in [1.807, 2.05) is 12.2 Å². The van der Waals surface area contributed by atoms with E-state index in [2.05, 4.69) is 17.2 Å². The molecule has 1 aliphatic rings. The summed E-state index contributed by atoms with van der Waals surface area (Å²) in [6.45, 7) is 5.08. The second kappa shape index (κ2) is 8.64. The lowest BCUT2D eigenvalue weighted by molar-refractivity contribution is -0.119. The maximum atomic E-state index is 13.6.